The number of benzene rings is 2. The van der Waals surface area contributed by atoms with E-state index in [1.54, 1.807) is 54.6 Å². The zero-order valence-electron chi connectivity index (χ0n) is 14.2. The van der Waals surface area contributed by atoms with Gasteiger partial charge in [-0.1, -0.05) is 24.3 Å². The summed E-state index contributed by atoms with van der Waals surface area (Å²) in [6, 6.07) is 15.2. The predicted molar refractivity (Wildman–Crippen MR) is 101 cm³/mol. The summed E-state index contributed by atoms with van der Waals surface area (Å²) in [5.74, 6) is 0.0853. The number of rotatable bonds is 2. The van der Waals surface area contributed by atoms with E-state index in [4.69, 9.17) is 8.83 Å². The molecule has 0 N–H and O–H groups in total. The summed E-state index contributed by atoms with van der Waals surface area (Å²) < 4.78 is 10.5. The second-order valence-electron chi connectivity index (χ2n) is 5.91. The lowest BCUT2D eigenvalue weighted by Gasteiger charge is -2.03. The molecule has 0 radical (unpaired) electrons. The number of hydrogen-bond acceptors (Lipinski definition) is 8. The van der Waals surface area contributed by atoms with Gasteiger partial charge in [0.1, 0.15) is 5.69 Å². The molecule has 0 spiro atoms. The largest absolute Gasteiger partial charge is 0.401 e. The summed E-state index contributed by atoms with van der Waals surface area (Å²) in [5, 5.41) is 0.743. The van der Waals surface area contributed by atoms with Crippen LogP contribution in [0.3, 0.4) is 0 Å². The van der Waals surface area contributed by atoms with Crippen LogP contribution in [0.15, 0.2) is 79.2 Å². The van der Waals surface area contributed by atoms with Gasteiger partial charge in [-0.05, 0) is 30.3 Å². The molecule has 0 amide bonds. The van der Waals surface area contributed by atoms with Gasteiger partial charge in [0.15, 0.2) is 0 Å². The van der Waals surface area contributed by atoms with Gasteiger partial charge in [0.2, 0.25) is 11.7 Å². The number of hydrogen-bond donors (Lipinski definition) is 0. The number of para-hydroxylation sites is 2. The first kappa shape index (κ1) is 16.0. The monoisotopic (exact) mass is 370 g/mol. The minimum atomic E-state index is -0.537. The molecule has 0 saturated carbocycles. The van der Waals surface area contributed by atoms with Crippen LogP contribution in [-0.2, 0) is 0 Å². The Kier molecular flexibility index (Phi) is 3.55. The normalized spacial score (nSPS) is 11.1. The minimum absolute atomic E-state index is 0.0336. The Morgan fingerprint density at radius 3 is 1.89 bits per heavy atom. The van der Waals surface area contributed by atoms with Gasteiger partial charge in [0.25, 0.3) is 5.89 Å². The van der Waals surface area contributed by atoms with Crippen molar-refractivity contribution in [1.29, 1.82) is 0 Å². The second-order valence-corrected chi connectivity index (χ2v) is 5.91. The van der Waals surface area contributed by atoms with Crippen LogP contribution in [0.25, 0.3) is 45.1 Å². The Labute approximate surface area is 156 Å². The van der Waals surface area contributed by atoms with Crippen LogP contribution in [-0.4, -0.2) is 19.9 Å². The Hall–Kier alpha value is -4.20. The molecule has 5 aromatic rings. The van der Waals surface area contributed by atoms with Gasteiger partial charge in [-0.2, -0.15) is 0 Å². The predicted octanol–water partition coefficient (Wildman–Crippen LogP) is 2.81. The summed E-state index contributed by atoms with van der Waals surface area (Å²) in [7, 11) is 0. The highest BCUT2D eigenvalue weighted by molar-refractivity contribution is 5.79. The van der Waals surface area contributed by atoms with E-state index < -0.39 is 11.3 Å². The summed E-state index contributed by atoms with van der Waals surface area (Å²) in [4.78, 5) is 41.4. The quantitative estimate of drug-likeness (QED) is 0.466. The van der Waals surface area contributed by atoms with Gasteiger partial charge in [-0.3, -0.25) is 0 Å². The van der Waals surface area contributed by atoms with Crippen LogP contribution in [0.4, 0.5) is 0 Å². The van der Waals surface area contributed by atoms with Gasteiger partial charge in [0, 0.05) is 6.20 Å². The molecule has 3 aromatic heterocycles. The highest BCUT2D eigenvalue weighted by Crippen LogP contribution is 2.20. The Balaban J connectivity index is 1.67. The molecule has 0 bridgehead atoms. The van der Waals surface area contributed by atoms with Crippen LogP contribution >= 0.6 is 0 Å². The lowest BCUT2D eigenvalue weighted by molar-refractivity contribution is 0.510. The molecule has 8 nitrogen and oxygen atoms in total. The summed E-state index contributed by atoms with van der Waals surface area (Å²) in [5.41, 5.74) is 0.175. The maximum absolute atomic E-state index is 12.2. The fraction of sp³-hybridized carbons (Fsp3) is 0. The molecular formula is C20H10N4O4. The Morgan fingerprint density at radius 1 is 0.643 bits per heavy atom. The van der Waals surface area contributed by atoms with Crippen molar-refractivity contribution in [3.8, 4) is 23.3 Å². The summed E-state index contributed by atoms with van der Waals surface area (Å²) in [6.07, 6.45) is 1.45. The molecule has 0 saturated heterocycles. The molecule has 8 heteroatoms. The van der Waals surface area contributed by atoms with Gasteiger partial charge < -0.3 is 8.83 Å². The van der Waals surface area contributed by atoms with Crippen molar-refractivity contribution in [2.45, 2.75) is 0 Å². The lowest BCUT2D eigenvalue weighted by atomic mass is 10.2. The van der Waals surface area contributed by atoms with Crippen molar-refractivity contribution >= 4 is 21.8 Å². The Bertz CT molecular complexity index is 1360. The molecule has 5 rings (SSSR count). The van der Waals surface area contributed by atoms with Crippen molar-refractivity contribution < 1.29 is 8.83 Å². The fourth-order valence-electron chi connectivity index (χ4n) is 2.82. The van der Waals surface area contributed by atoms with Crippen molar-refractivity contribution in [1.82, 2.24) is 19.9 Å². The summed E-state index contributed by atoms with van der Waals surface area (Å²) >= 11 is 0. The fourth-order valence-corrected chi connectivity index (χ4v) is 2.82. The lowest BCUT2D eigenvalue weighted by Crippen LogP contribution is -2.06. The van der Waals surface area contributed by atoms with E-state index in [9.17, 15) is 9.59 Å². The molecule has 28 heavy (non-hydrogen) atoms. The minimum Gasteiger partial charge on any atom is -0.401 e. The van der Waals surface area contributed by atoms with E-state index in [1.807, 2.05) is 0 Å². The molecule has 3 heterocycles. The van der Waals surface area contributed by atoms with Crippen molar-refractivity contribution in [3.63, 3.8) is 0 Å². The van der Waals surface area contributed by atoms with Crippen LogP contribution in [0, 0.1) is 0 Å². The van der Waals surface area contributed by atoms with Crippen LogP contribution in [0.2, 0.25) is 0 Å². The van der Waals surface area contributed by atoms with Crippen LogP contribution in [0.5, 0.6) is 0 Å². The molecular weight excluding hydrogens is 360 g/mol. The summed E-state index contributed by atoms with van der Waals surface area (Å²) in [6.45, 7) is 0. The SMILES string of the molecule is O=c1oc(-c2ccnc(-c3nc4ccccc4c(=O)o3)n2)nc2ccccc12. The standard InChI is InChI=1S/C20H10N4O4/c25-19-11-5-1-3-7-13(11)23-17(27-19)15-9-10-21-16(22-15)18-24-14-8-4-2-6-12(14)20(26)28-18/h1-10H. The molecule has 0 aliphatic heterocycles. The zero-order valence-corrected chi connectivity index (χ0v) is 14.2. The maximum Gasteiger partial charge on any atom is 0.347 e. The van der Waals surface area contributed by atoms with E-state index in [2.05, 4.69) is 19.9 Å². The highest BCUT2D eigenvalue weighted by atomic mass is 16.4. The van der Waals surface area contributed by atoms with Gasteiger partial charge in [-0.25, -0.2) is 29.5 Å². The van der Waals surface area contributed by atoms with E-state index in [0.29, 0.717) is 21.8 Å². The van der Waals surface area contributed by atoms with E-state index in [1.165, 1.54) is 6.20 Å². The highest BCUT2D eigenvalue weighted by Gasteiger charge is 2.15. The van der Waals surface area contributed by atoms with Crippen LogP contribution < -0.4 is 11.3 Å². The van der Waals surface area contributed by atoms with Gasteiger partial charge in [0.05, 0.1) is 21.8 Å². The van der Waals surface area contributed by atoms with Crippen LogP contribution in [0.1, 0.15) is 0 Å². The first-order chi connectivity index (χ1) is 13.7. The molecule has 0 aliphatic rings. The topological polar surface area (TPSA) is 112 Å². The third-order valence-corrected chi connectivity index (χ3v) is 4.14. The average molecular weight is 370 g/mol. The van der Waals surface area contributed by atoms with Crippen molar-refractivity contribution in [2.24, 2.45) is 0 Å². The third-order valence-electron chi connectivity index (χ3n) is 4.14. The molecule has 0 unspecified atom stereocenters. The number of aromatic nitrogens is 4. The Morgan fingerprint density at radius 2 is 1.21 bits per heavy atom. The van der Waals surface area contributed by atoms with Gasteiger partial charge >= 0.3 is 11.3 Å². The van der Waals surface area contributed by atoms with Crippen molar-refractivity contribution in [2.75, 3.05) is 0 Å². The zero-order chi connectivity index (χ0) is 19.1. The molecule has 0 aliphatic carbocycles. The van der Waals surface area contributed by atoms with E-state index in [-0.39, 0.29) is 23.3 Å². The first-order valence-corrected chi connectivity index (χ1v) is 8.32. The van der Waals surface area contributed by atoms with E-state index in [0.717, 1.165) is 0 Å². The third kappa shape index (κ3) is 2.64. The first-order valence-electron chi connectivity index (χ1n) is 8.32. The van der Waals surface area contributed by atoms with Crippen molar-refractivity contribution in [3.05, 3.63) is 81.6 Å². The maximum atomic E-state index is 12.2. The second kappa shape index (κ2) is 6.20. The average Bonchev–Trinajstić information content (AvgIpc) is 2.74. The molecule has 0 atom stereocenters. The smallest absolute Gasteiger partial charge is 0.347 e. The molecule has 0 fully saturated rings. The number of nitrogens with zero attached hydrogens (tertiary/aromatic N) is 4. The van der Waals surface area contributed by atoms with Gasteiger partial charge in [-0.15, -0.1) is 0 Å². The molecule has 134 valence electrons. The number of fused-ring (bicyclic) bond motifs is 2. The molecule has 2 aromatic carbocycles. The van der Waals surface area contributed by atoms with E-state index >= 15 is 0 Å².